The highest BCUT2D eigenvalue weighted by molar-refractivity contribution is 5.86. The number of hydrogen-bond acceptors (Lipinski definition) is 4. The molecule has 0 aliphatic carbocycles. The Labute approximate surface area is 113 Å². The number of morpholine rings is 1. The van der Waals surface area contributed by atoms with Crippen molar-refractivity contribution in [2.24, 2.45) is 0 Å². The number of carbonyl (C=O) groups excluding carboxylic acids is 1. The monoisotopic (exact) mass is 270 g/mol. The van der Waals surface area contributed by atoms with Gasteiger partial charge in [-0.1, -0.05) is 6.92 Å². The summed E-state index contributed by atoms with van der Waals surface area (Å²) in [7, 11) is 0. The van der Waals surface area contributed by atoms with Crippen LogP contribution in [0.3, 0.4) is 0 Å². The largest absolute Gasteiger partial charge is 0.480 e. The van der Waals surface area contributed by atoms with Crippen LogP contribution in [-0.2, 0) is 14.3 Å². The molecule has 0 aromatic rings. The molecule has 108 valence electrons. The number of ether oxygens (including phenoxy) is 1. The normalized spacial score (nSPS) is 29.2. The molecule has 19 heavy (non-hydrogen) atoms. The van der Waals surface area contributed by atoms with Crippen LogP contribution in [0.15, 0.2) is 0 Å². The predicted molar refractivity (Wildman–Crippen MR) is 68.8 cm³/mol. The molecular weight excluding hydrogens is 248 g/mol. The van der Waals surface area contributed by atoms with Gasteiger partial charge < -0.3 is 14.7 Å². The van der Waals surface area contributed by atoms with Gasteiger partial charge in [0.25, 0.3) is 5.91 Å². The molecule has 2 saturated heterocycles. The van der Waals surface area contributed by atoms with Crippen molar-refractivity contribution in [1.29, 1.82) is 0 Å². The second-order valence-corrected chi connectivity index (χ2v) is 5.13. The van der Waals surface area contributed by atoms with Crippen molar-refractivity contribution in [3.8, 4) is 0 Å². The summed E-state index contributed by atoms with van der Waals surface area (Å²) in [6.07, 6.45) is 1.78. The first kappa shape index (κ1) is 14.3. The first-order valence-electron chi connectivity index (χ1n) is 7.00. The minimum absolute atomic E-state index is 0.162. The number of carboxylic acids is 1. The van der Waals surface area contributed by atoms with Crippen LogP contribution in [-0.4, -0.2) is 71.7 Å². The van der Waals surface area contributed by atoms with E-state index < -0.39 is 18.1 Å². The molecule has 1 amide bonds. The molecule has 1 N–H and O–H groups in total. The van der Waals surface area contributed by atoms with Crippen LogP contribution in [0.25, 0.3) is 0 Å². The predicted octanol–water partition coefficient (Wildman–Crippen LogP) is 0.173. The Balaban J connectivity index is 2.02. The van der Waals surface area contributed by atoms with E-state index in [1.54, 1.807) is 0 Å². The summed E-state index contributed by atoms with van der Waals surface area (Å²) in [5.74, 6) is -1.07. The van der Waals surface area contributed by atoms with E-state index in [2.05, 4.69) is 4.90 Å². The Hall–Kier alpha value is -1.14. The lowest BCUT2D eigenvalue weighted by atomic mass is 10.0. The third kappa shape index (κ3) is 3.25. The fourth-order valence-corrected chi connectivity index (χ4v) is 2.78. The molecule has 0 aromatic carbocycles. The molecule has 2 aliphatic heterocycles. The van der Waals surface area contributed by atoms with Gasteiger partial charge in [-0.2, -0.15) is 0 Å². The van der Waals surface area contributed by atoms with E-state index in [0.717, 1.165) is 25.9 Å². The number of carboxylic acid groups (broad SMARTS) is 1. The van der Waals surface area contributed by atoms with Gasteiger partial charge in [0.15, 0.2) is 0 Å². The molecule has 6 nitrogen and oxygen atoms in total. The molecule has 2 fully saturated rings. The fraction of sp³-hybridized carbons (Fsp3) is 0.846. The lowest BCUT2D eigenvalue weighted by Crippen LogP contribution is -2.56. The number of amides is 1. The molecule has 0 spiro atoms. The Morgan fingerprint density at radius 3 is 2.79 bits per heavy atom. The standard InChI is InChI=1S/C13H22N2O4/c1-2-14-7-8-19-11(9-14)12(16)15-6-4-3-5-10(15)13(17)18/h10-11H,2-9H2,1H3,(H,17,18). The van der Waals surface area contributed by atoms with Crippen molar-refractivity contribution in [2.75, 3.05) is 32.8 Å². The topological polar surface area (TPSA) is 70.1 Å². The number of piperidine rings is 1. The maximum absolute atomic E-state index is 12.4. The van der Waals surface area contributed by atoms with E-state index in [1.807, 2.05) is 6.92 Å². The summed E-state index contributed by atoms with van der Waals surface area (Å²) in [5.41, 5.74) is 0. The highest BCUT2D eigenvalue weighted by atomic mass is 16.5. The molecule has 0 radical (unpaired) electrons. The van der Waals surface area contributed by atoms with Gasteiger partial charge in [0.1, 0.15) is 12.1 Å². The quantitative estimate of drug-likeness (QED) is 0.792. The van der Waals surface area contributed by atoms with E-state index >= 15 is 0 Å². The van der Waals surface area contributed by atoms with Crippen LogP contribution in [0.1, 0.15) is 26.2 Å². The maximum atomic E-state index is 12.4. The highest BCUT2D eigenvalue weighted by Gasteiger charge is 2.37. The minimum atomic E-state index is -0.906. The summed E-state index contributed by atoms with van der Waals surface area (Å²) in [4.78, 5) is 27.3. The second kappa shape index (κ2) is 6.34. The summed E-state index contributed by atoms with van der Waals surface area (Å²) >= 11 is 0. The number of likely N-dealkylation sites (N-methyl/N-ethyl adjacent to an activating group) is 1. The third-order valence-corrected chi connectivity index (χ3v) is 3.94. The number of likely N-dealkylation sites (tertiary alicyclic amines) is 1. The van der Waals surface area contributed by atoms with Crippen molar-refractivity contribution >= 4 is 11.9 Å². The summed E-state index contributed by atoms with van der Waals surface area (Å²) in [5, 5.41) is 9.21. The number of hydrogen-bond donors (Lipinski definition) is 1. The Morgan fingerprint density at radius 1 is 1.32 bits per heavy atom. The molecule has 0 saturated carbocycles. The summed E-state index contributed by atoms with van der Waals surface area (Å²) in [6, 6.07) is -0.679. The fourth-order valence-electron chi connectivity index (χ4n) is 2.78. The van der Waals surface area contributed by atoms with Gasteiger partial charge in [-0.3, -0.25) is 9.69 Å². The van der Waals surface area contributed by atoms with Crippen LogP contribution < -0.4 is 0 Å². The second-order valence-electron chi connectivity index (χ2n) is 5.13. The molecule has 2 heterocycles. The van der Waals surface area contributed by atoms with Crippen molar-refractivity contribution in [3.05, 3.63) is 0 Å². The van der Waals surface area contributed by atoms with Gasteiger partial charge in [0, 0.05) is 19.6 Å². The maximum Gasteiger partial charge on any atom is 0.326 e. The lowest BCUT2D eigenvalue weighted by Gasteiger charge is -2.38. The first-order chi connectivity index (χ1) is 9.13. The molecule has 2 unspecified atom stereocenters. The van der Waals surface area contributed by atoms with E-state index in [9.17, 15) is 14.7 Å². The molecule has 0 aromatic heterocycles. The van der Waals surface area contributed by atoms with E-state index in [1.165, 1.54) is 4.90 Å². The number of nitrogens with zero attached hydrogens (tertiary/aromatic N) is 2. The minimum Gasteiger partial charge on any atom is -0.480 e. The third-order valence-electron chi connectivity index (χ3n) is 3.94. The SMILES string of the molecule is CCN1CCOC(C(=O)N2CCCCC2C(=O)O)C1. The zero-order chi connectivity index (χ0) is 13.8. The Kier molecular flexibility index (Phi) is 4.76. The summed E-state index contributed by atoms with van der Waals surface area (Å²) < 4.78 is 5.53. The highest BCUT2D eigenvalue weighted by Crippen LogP contribution is 2.20. The van der Waals surface area contributed by atoms with Crippen molar-refractivity contribution in [1.82, 2.24) is 9.80 Å². The lowest BCUT2D eigenvalue weighted by molar-refractivity contribution is -0.161. The molecule has 0 bridgehead atoms. The van der Waals surface area contributed by atoms with Gasteiger partial charge in [0.2, 0.25) is 0 Å². The molecule has 2 rings (SSSR count). The van der Waals surface area contributed by atoms with Crippen molar-refractivity contribution < 1.29 is 19.4 Å². The zero-order valence-electron chi connectivity index (χ0n) is 11.4. The molecule has 2 atom stereocenters. The van der Waals surface area contributed by atoms with Crippen LogP contribution in [0.2, 0.25) is 0 Å². The Bertz CT molecular complexity index is 348. The van der Waals surface area contributed by atoms with Gasteiger partial charge in [-0.15, -0.1) is 0 Å². The van der Waals surface area contributed by atoms with Gasteiger partial charge in [0.05, 0.1) is 6.61 Å². The number of rotatable bonds is 3. The van der Waals surface area contributed by atoms with Crippen LogP contribution in [0, 0.1) is 0 Å². The Morgan fingerprint density at radius 2 is 2.11 bits per heavy atom. The molecule has 2 aliphatic rings. The van der Waals surface area contributed by atoms with Crippen LogP contribution >= 0.6 is 0 Å². The van der Waals surface area contributed by atoms with E-state index in [-0.39, 0.29) is 5.91 Å². The van der Waals surface area contributed by atoms with Crippen molar-refractivity contribution in [3.63, 3.8) is 0 Å². The number of carbonyl (C=O) groups is 2. The average Bonchev–Trinajstić information content (AvgIpc) is 2.46. The number of aliphatic carboxylic acids is 1. The van der Waals surface area contributed by atoms with Crippen molar-refractivity contribution in [2.45, 2.75) is 38.3 Å². The average molecular weight is 270 g/mol. The summed E-state index contributed by atoms with van der Waals surface area (Å²) in [6.45, 7) is 5.40. The zero-order valence-corrected chi connectivity index (χ0v) is 11.4. The van der Waals surface area contributed by atoms with E-state index in [4.69, 9.17) is 4.74 Å². The smallest absolute Gasteiger partial charge is 0.326 e. The molecular formula is C13H22N2O4. The van der Waals surface area contributed by atoms with E-state index in [0.29, 0.717) is 26.1 Å². The van der Waals surface area contributed by atoms with Gasteiger partial charge in [-0.25, -0.2) is 4.79 Å². The van der Waals surface area contributed by atoms with Gasteiger partial charge >= 0.3 is 5.97 Å². The first-order valence-corrected chi connectivity index (χ1v) is 7.00. The molecule has 6 heteroatoms. The van der Waals surface area contributed by atoms with Gasteiger partial charge in [-0.05, 0) is 25.8 Å². The van der Waals surface area contributed by atoms with Crippen LogP contribution in [0.5, 0.6) is 0 Å². The van der Waals surface area contributed by atoms with Crippen LogP contribution in [0.4, 0.5) is 0 Å².